The lowest BCUT2D eigenvalue weighted by Crippen LogP contribution is -2.21. The molecule has 0 aliphatic carbocycles. The van der Waals surface area contributed by atoms with Crippen molar-refractivity contribution in [1.82, 2.24) is 0 Å². The van der Waals surface area contributed by atoms with Gasteiger partial charge in [0.1, 0.15) is 0 Å². The van der Waals surface area contributed by atoms with Crippen molar-refractivity contribution in [2.75, 3.05) is 24.3 Å². The Labute approximate surface area is 116 Å². The Bertz CT molecular complexity index is 364. The third kappa shape index (κ3) is 4.09. The molecular weight excluding hydrogens is 244 g/mol. The SMILES string of the molecule is CCCCC(CC)Nc1cccc(Cl)c1N(C)C. The third-order valence-corrected chi connectivity index (χ3v) is 3.50. The van der Waals surface area contributed by atoms with Crippen LogP contribution in [0.2, 0.25) is 5.02 Å². The van der Waals surface area contributed by atoms with Crippen molar-refractivity contribution in [3.63, 3.8) is 0 Å². The van der Waals surface area contributed by atoms with Gasteiger partial charge in [-0.25, -0.2) is 0 Å². The monoisotopic (exact) mass is 268 g/mol. The van der Waals surface area contributed by atoms with E-state index in [1.165, 1.54) is 19.3 Å². The highest BCUT2D eigenvalue weighted by Crippen LogP contribution is 2.33. The summed E-state index contributed by atoms with van der Waals surface area (Å²) in [5, 5.41) is 4.43. The zero-order valence-electron chi connectivity index (χ0n) is 12.0. The molecule has 1 rings (SSSR count). The van der Waals surface area contributed by atoms with Crippen molar-refractivity contribution < 1.29 is 0 Å². The van der Waals surface area contributed by atoms with E-state index in [1.54, 1.807) is 0 Å². The van der Waals surface area contributed by atoms with Crippen LogP contribution in [0.1, 0.15) is 39.5 Å². The molecule has 1 aromatic rings. The second-order valence-electron chi connectivity index (χ2n) is 4.92. The summed E-state index contributed by atoms with van der Waals surface area (Å²) >= 11 is 6.27. The van der Waals surface area contributed by atoms with Gasteiger partial charge in [0.2, 0.25) is 0 Å². The van der Waals surface area contributed by atoms with Gasteiger partial charge in [0, 0.05) is 20.1 Å². The maximum absolute atomic E-state index is 6.27. The Morgan fingerprint density at radius 3 is 2.56 bits per heavy atom. The van der Waals surface area contributed by atoms with E-state index in [2.05, 4.69) is 30.1 Å². The van der Waals surface area contributed by atoms with Gasteiger partial charge in [-0.05, 0) is 25.0 Å². The molecule has 18 heavy (non-hydrogen) atoms. The Kier molecular flexibility index (Phi) is 6.34. The van der Waals surface area contributed by atoms with E-state index in [4.69, 9.17) is 11.6 Å². The van der Waals surface area contributed by atoms with Gasteiger partial charge in [-0.2, -0.15) is 0 Å². The van der Waals surface area contributed by atoms with Gasteiger partial charge in [0.15, 0.2) is 0 Å². The Hall–Kier alpha value is -0.890. The topological polar surface area (TPSA) is 15.3 Å². The molecule has 0 aliphatic heterocycles. The zero-order chi connectivity index (χ0) is 13.5. The Morgan fingerprint density at radius 2 is 2.00 bits per heavy atom. The summed E-state index contributed by atoms with van der Waals surface area (Å²) < 4.78 is 0. The molecule has 0 saturated carbocycles. The standard InChI is InChI=1S/C15H25ClN2/c1-5-7-9-12(6-2)17-14-11-8-10-13(16)15(14)18(3)4/h8,10-12,17H,5-7,9H2,1-4H3. The van der Waals surface area contributed by atoms with Crippen LogP contribution in [0.5, 0.6) is 0 Å². The summed E-state index contributed by atoms with van der Waals surface area (Å²) in [6.07, 6.45) is 4.86. The van der Waals surface area contributed by atoms with E-state index < -0.39 is 0 Å². The highest BCUT2D eigenvalue weighted by molar-refractivity contribution is 6.34. The number of nitrogens with zero attached hydrogens (tertiary/aromatic N) is 1. The quantitative estimate of drug-likeness (QED) is 0.765. The molecule has 3 heteroatoms. The van der Waals surface area contributed by atoms with Gasteiger partial charge in [0.05, 0.1) is 16.4 Å². The highest BCUT2D eigenvalue weighted by Gasteiger charge is 2.12. The maximum atomic E-state index is 6.27. The highest BCUT2D eigenvalue weighted by atomic mass is 35.5. The van der Waals surface area contributed by atoms with E-state index in [0.717, 1.165) is 22.8 Å². The summed E-state index contributed by atoms with van der Waals surface area (Å²) in [7, 11) is 4.05. The molecule has 0 radical (unpaired) electrons. The van der Waals surface area contributed by atoms with Crippen molar-refractivity contribution >= 4 is 23.0 Å². The number of halogens is 1. The van der Waals surface area contributed by atoms with Crippen LogP contribution in [0.25, 0.3) is 0 Å². The third-order valence-electron chi connectivity index (χ3n) is 3.19. The number of anilines is 2. The molecule has 0 spiro atoms. The minimum absolute atomic E-state index is 0.530. The van der Waals surface area contributed by atoms with E-state index in [-0.39, 0.29) is 0 Å². The average Bonchev–Trinajstić information content (AvgIpc) is 2.33. The van der Waals surface area contributed by atoms with Crippen molar-refractivity contribution in [2.45, 2.75) is 45.6 Å². The molecule has 0 aliphatic rings. The Morgan fingerprint density at radius 1 is 1.28 bits per heavy atom. The molecule has 1 aromatic carbocycles. The smallest absolute Gasteiger partial charge is 0.0786 e. The lowest BCUT2D eigenvalue weighted by Gasteiger charge is -2.24. The maximum Gasteiger partial charge on any atom is 0.0786 e. The summed E-state index contributed by atoms with van der Waals surface area (Å²) in [6, 6.07) is 6.58. The van der Waals surface area contributed by atoms with Gasteiger partial charge < -0.3 is 10.2 Å². The van der Waals surface area contributed by atoms with Crippen LogP contribution in [-0.4, -0.2) is 20.1 Å². The number of nitrogens with one attached hydrogen (secondary N) is 1. The normalized spacial score (nSPS) is 12.3. The first kappa shape index (κ1) is 15.2. The van der Waals surface area contributed by atoms with Crippen LogP contribution in [0.3, 0.4) is 0 Å². The minimum atomic E-state index is 0.530. The summed E-state index contributed by atoms with van der Waals surface area (Å²) in [6.45, 7) is 4.46. The lowest BCUT2D eigenvalue weighted by atomic mass is 10.1. The van der Waals surface area contributed by atoms with Crippen LogP contribution in [0, 0.1) is 0 Å². The predicted octanol–water partition coefficient (Wildman–Crippen LogP) is 4.79. The summed E-state index contributed by atoms with van der Waals surface area (Å²) in [5.74, 6) is 0. The first-order valence-electron chi connectivity index (χ1n) is 6.82. The summed E-state index contributed by atoms with van der Waals surface area (Å²) in [5.41, 5.74) is 2.21. The van der Waals surface area contributed by atoms with Crippen molar-refractivity contribution in [2.24, 2.45) is 0 Å². The minimum Gasteiger partial charge on any atom is -0.381 e. The van der Waals surface area contributed by atoms with Crippen LogP contribution < -0.4 is 10.2 Å². The molecule has 1 N–H and O–H groups in total. The number of para-hydroxylation sites is 1. The van der Waals surface area contributed by atoms with Crippen LogP contribution in [-0.2, 0) is 0 Å². The zero-order valence-corrected chi connectivity index (χ0v) is 12.7. The van der Waals surface area contributed by atoms with Crippen molar-refractivity contribution in [1.29, 1.82) is 0 Å². The van der Waals surface area contributed by atoms with Crippen molar-refractivity contribution in [3.8, 4) is 0 Å². The second kappa shape index (κ2) is 7.52. The predicted molar refractivity (Wildman–Crippen MR) is 83.0 cm³/mol. The van der Waals surface area contributed by atoms with E-state index in [1.807, 2.05) is 26.2 Å². The van der Waals surface area contributed by atoms with Crippen LogP contribution in [0.4, 0.5) is 11.4 Å². The Balaban J connectivity index is 2.85. The molecule has 0 fully saturated rings. The van der Waals surface area contributed by atoms with Gasteiger partial charge >= 0.3 is 0 Å². The number of hydrogen-bond acceptors (Lipinski definition) is 2. The molecule has 0 bridgehead atoms. The largest absolute Gasteiger partial charge is 0.381 e. The summed E-state index contributed by atoms with van der Waals surface area (Å²) in [4.78, 5) is 2.07. The number of unbranched alkanes of at least 4 members (excludes halogenated alkanes) is 1. The van der Waals surface area contributed by atoms with Crippen molar-refractivity contribution in [3.05, 3.63) is 23.2 Å². The van der Waals surface area contributed by atoms with Crippen LogP contribution in [0.15, 0.2) is 18.2 Å². The number of benzene rings is 1. The molecule has 0 amide bonds. The van der Waals surface area contributed by atoms with Gasteiger partial charge in [-0.1, -0.05) is 44.4 Å². The molecule has 1 atom stereocenters. The van der Waals surface area contributed by atoms with Gasteiger partial charge in [-0.15, -0.1) is 0 Å². The average molecular weight is 269 g/mol. The first-order chi connectivity index (χ1) is 8.60. The number of rotatable bonds is 7. The number of hydrogen-bond donors (Lipinski definition) is 1. The molecule has 1 unspecified atom stereocenters. The molecule has 0 saturated heterocycles. The lowest BCUT2D eigenvalue weighted by molar-refractivity contribution is 0.593. The first-order valence-corrected chi connectivity index (χ1v) is 7.20. The molecular formula is C15H25ClN2. The molecule has 0 aromatic heterocycles. The molecule has 102 valence electrons. The molecule has 0 heterocycles. The van der Waals surface area contributed by atoms with E-state index >= 15 is 0 Å². The second-order valence-corrected chi connectivity index (χ2v) is 5.33. The van der Waals surface area contributed by atoms with E-state index in [9.17, 15) is 0 Å². The van der Waals surface area contributed by atoms with Gasteiger partial charge in [-0.3, -0.25) is 0 Å². The fraction of sp³-hybridized carbons (Fsp3) is 0.600. The fourth-order valence-corrected chi connectivity index (χ4v) is 2.48. The van der Waals surface area contributed by atoms with Crippen LogP contribution >= 0.6 is 11.6 Å². The van der Waals surface area contributed by atoms with E-state index in [0.29, 0.717) is 6.04 Å². The van der Waals surface area contributed by atoms with Gasteiger partial charge in [0.25, 0.3) is 0 Å². The molecule has 2 nitrogen and oxygen atoms in total. The fourth-order valence-electron chi connectivity index (χ4n) is 2.14.